The molecule has 3 aromatic rings. The van der Waals surface area contributed by atoms with Crippen molar-refractivity contribution in [1.82, 2.24) is 10.3 Å². The SMILES string of the molecule is CCC(C)C(NC(=O)OCc1ccccc1)C(=O)Nc1ncc(-c2ccccc2)s1. The molecule has 2 amide bonds. The van der Waals surface area contributed by atoms with Crippen LogP contribution < -0.4 is 10.6 Å². The monoisotopic (exact) mass is 423 g/mol. The maximum atomic E-state index is 12.9. The molecule has 2 atom stereocenters. The van der Waals surface area contributed by atoms with Gasteiger partial charge < -0.3 is 15.4 Å². The average Bonchev–Trinajstić information content (AvgIpc) is 3.25. The van der Waals surface area contributed by atoms with Crippen LogP contribution >= 0.6 is 11.3 Å². The van der Waals surface area contributed by atoms with Crippen LogP contribution in [-0.2, 0) is 16.1 Å². The van der Waals surface area contributed by atoms with Crippen molar-refractivity contribution in [3.63, 3.8) is 0 Å². The number of aromatic nitrogens is 1. The number of carbonyl (C=O) groups is 2. The number of benzene rings is 2. The van der Waals surface area contributed by atoms with Gasteiger partial charge in [-0.2, -0.15) is 0 Å². The standard InChI is InChI=1S/C23H25N3O3S/c1-3-16(2)20(25-23(28)29-15-17-10-6-4-7-11-17)21(27)26-22-24-14-19(30-22)18-12-8-5-9-13-18/h4-14,16,20H,3,15H2,1-2H3,(H,25,28)(H,24,26,27). The third-order valence-electron chi connectivity index (χ3n) is 4.78. The molecular formula is C23H25N3O3S. The summed E-state index contributed by atoms with van der Waals surface area (Å²) in [5, 5.41) is 6.02. The lowest BCUT2D eigenvalue weighted by molar-refractivity contribution is -0.119. The van der Waals surface area contributed by atoms with E-state index in [1.807, 2.05) is 74.5 Å². The largest absolute Gasteiger partial charge is 0.445 e. The van der Waals surface area contributed by atoms with E-state index in [2.05, 4.69) is 15.6 Å². The van der Waals surface area contributed by atoms with Gasteiger partial charge in [-0.05, 0) is 17.0 Å². The summed E-state index contributed by atoms with van der Waals surface area (Å²) in [6.45, 7) is 4.03. The second kappa shape index (κ2) is 10.5. The van der Waals surface area contributed by atoms with E-state index in [1.165, 1.54) is 11.3 Å². The van der Waals surface area contributed by atoms with Gasteiger partial charge in [0, 0.05) is 6.20 Å². The molecule has 1 heterocycles. The fourth-order valence-corrected chi connectivity index (χ4v) is 3.67. The van der Waals surface area contributed by atoms with E-state index in [9.17, 15) is 9.59 Å². The van der Waals surface area contributed by atoms with Crippen molar-refractivity contribution in [2.75, 3.05) is 5.32 Å². The first-order valence-electron chi connectivity index (χ1n) is 9.86. The lowest BCUT2D eigenvalue weighted by atomic mass is 9.98. The molecule has 0 aliphatic rings. The molecule has 0 saturated heterocycles. The summed E-state index contributed by atoms with van der Waals surface area (Å²) in [4.78, 5) is 30.4. The fraction of sp³-hybridized carbons (Fsp3) is 0.261. The highest BCUT2D eigenvalue weighted by molar-refractivity contribution is 7.19. The van der Waals surface area contributed by atoms with E-state index >= 15 is 0 Å². The van der Waals surface area contributed by atoms with Crippen LogP contribution in [0.3, 0.4) is 0 Å². The summed E-state index contributed by atoms with van der Waals surface area (Å²) in [5.74, 6) is -0.377. The van der Waals surface area contributed by atoms with Gasteiger partial charge in [-0.1, -0.05) is 92.3 Å². The van der Waals surface area contributed by atoms with E-state index in [-0.39, 0.29) is 18.4 Å². The third kappa shape index (κ3) is 5.90. The van der Waals surface area contributed by atoms with Crippen molar-refractivity contribution in [2.45, 2.75) is 32.9 Å². The number of amides is 2. The number of nitrogens with one attached hydrogen (secondary N) is 2. The number of carbonyl (C=O) groups excluding carboxylic acids is 2. The van der Waals surface area contributed by atoms with Crippen molar-refractivity contribution < 1.29 is 14.3 Å². The molecule has 0 radical (unpaired) electrons. The van der Waals surface area contributed by atoms with E-state index in [1.54, 1.807) is 6.20 Å². The van der Waals surface area contributed by atoms with Crippen LogP contribution in [0.2, 0.25) is 0 Å². The molecule has 0 fully saturated rings. The zero-order valence-electron chi connectivity index (χ0n) is 17.0. The van der Waals surface area contributed by atoms with Gasteiger partial charge >= 0.3 is 6.09 Å². The molecule has 3 rings (SSSR count). The van der Waals surface area contributed by atoms with Gasteiger partial charge in [0.2, 0.25) is 5.91 Å². The van der Waals surface area contributed by atoms with Gasteiger partial charge in [0.15, 0.2) is 5.13 Å². The molecule has 30 heavy (non-hydrogen) atoms. The second-order valence-corrected chi connectivity index (χ2v) is 7.98. The van der Waals surface area contributed by atoms with Crippen LogP contribution in [0, 0.1) is 5.92 Å². The van der Waals surface area contributed by atoms with Crippen molar-refractivity contribution in [3.05, 3.63) is 72.4 Å². The maximum Gasteiger partial charge on any atom is 0.408 e. The van der Waals surface area contributed by atoms with Crippen molar-refractivity contribution in [2.24, 2.45) is 5.92 Å². The second-order valence-electron chi connectivity index (χ2n) is 6.95. The predicted molar refractivity (Wildman–Crippen MR) is 119 cm³/mol. The van der Waals surface area contributed by atoms with E-state index < -0.39 is 12.1 Å². The number of hydrogen-bond acceptors (Lipinski definition) is 5. The zero-order chi connectivity index (χ0) is 21.3. The molecule has 0 aliphatic carbocycles. The number of hydrogen-bond donors (Lipinski definition) is 2. The first kappa shape index (κ1) is 21.5. The highest BCUT2D eigenvalue weighted by Gasteiger charge is 2.27. The fourth-order valence-electron chi connectivity index (χ4n) is 2.84. The Morgan fingerprint density at radius 2 is 1.73 bits per heavy atom. The quantitative estimate of drug-likeness (QED) is 0.529. The van der Waals surface area contributed by atoms with Crippen LogP contribution in [0.4, 0.5) is 9.93 Å². The molecule has 7 heteroatoms. The number of thiazole rings is 1. The van der Waals surface area contributed by atoms with E-state index in [4.69, 9.17) is 4.74 Å². The zero-order valence-corrected chi connectivity index (χ0v) is 17.8. The molecule has 0 spiro atoms. The molecule has 0 bridgehead atoms. The number of nitrogens with zero attached hydrogens (tertiary/aromatic N) is 1. The molecule has 1 aromatic heterocycles. The van der Waals surface area contributed by atoms with Crippen molar-refractivity contribution in [3.8, 4) is 10.4 Å². The van der Waals surface area contributed by atoms with Crippen molar-refractivity contribution >= 4 is 28.5 Å². The van der Waals surface area contributed by atoms with Gasteiger partial charge in [0.05, 0.1) is 4.88 Å². The molecule has 0 saturated carbocycles. The molecule has 6 nitrogen and oxygen atoms in total. The minimum absolute atomic E-state index is 0.0668. The molecule has 2 N–H and O–H groups in total. The van der Waals surface area contributed by atoms with Crippen LogP contribution in [0.15, 0.2) is 66.9 Å². The van der Waals surface area contributed by atoms with Gasteiger partial charge in [-0.3, -0.25) is 4.79 Å². The summed E-state index contributed by atoms with van der Waals surface area (Å²) in [7, 11) is 0. The van der Waals surface area contributed by atoms with E-state index in [0.29, 0.717) is 5.13 Å². The van der Waals surface area contributed by atoms with Gasteiger partial charge in [0.1, 0.15) is 12.6 Å². The highest BCUT2D eigenvalue weighted by atomic mass is 32.1. The molecule has 2 aromatic carbocycles. The maximum absolute atomic E-state index is 12.9. The van der Waals surface area contributed by atoms with E-state index in [0.717, 1.165) is 22.4 Å². The smallest absolute Gasteiger partial charge is 0.408 e. The minimum Gasteiger partial charge on any atom is -0.445 e. The average molecular weight is 424 g/mol. The Morgan fingerprint density at radius 3 is 2.40 bits per heavy atom. The first-order chi connectivity index (χ1) is 14.6. The number of ether oxygens (including phenoxy) is 1. The Balaban J connectivity index is 1.61. The van der Waals surface area contributed by atoms with Gasteiger partial charge in [-0.15, -0.1) is 0 Å². The lowest BCUT2D eigenvalue weighted by Gasteiger charge is -2.22. The number of rotatable bonds is 8. The topological polar surface area (TPSA) is 80.3 Å². The van der Waals surface area contributed by atoms with Gasteiger partial charge in [-0.25, -0.2) is 9.78 Å². The summed E-state index contributed by atoms with van der Waals surface area (Å²) < 4.78 is 5.27. The summed E-state index contributed by atoms with van der Waals surface area (Å²) in [5.41, 5.74) is 1.92. The minimum atomic E-state index is -0.720. The Kier molecular flexibility index (Phi) is 7.57. The molecule has 156 valence electrons. The molecule has 2 unspecified atom stereocenters. The Labute approximate surface area is 180 Å². The van der Waals surface area contributed by atoms with Crippen molar-refractivity contribution in [1.29, 1.82) is 0 Å². The summed E-state index contributed by atoms with van der Waals surface area (Å²) in [6.07, 6.45) is 1.84. The Bertz CT molecular complexity index is 960. The Morgan fingerprint density at radius 1 is 1.07 bits per heavy atom. The van der Waals surface area contributed by atoms with Crippen LogP contribution in [0.5, 0.6) is 0 Å². The van der Waals surface area contributed by atoms with Crippen LogP contribution in [-0.4, -0.2) is 23.0 Å². The first-order valence-corrected chi connectivity index (χ1v) is 10.7. The third-order valence-corrected chi connectivity index (χ3v) is 5.74. The highest BCUT2D eigenvalue weighted by Crippen LogP contribution is 2.28. The molecular weight excluding hydrogens is 398 g/mol. The van der Waals surface area contributed by atoms with Crippen LogP contribution in [0.25, 0.3) is 10.4 Å². The molecule has 0 aliphatic heterocycles. The number of anilines is 1. The summed E-state index contributed by atoms with van der Waals surface area (Å²) in [6, 6.07) is 18.5. The predicted octanol–water partition coefficient (Wildman–Crippen LogP) is 5.09. The number of alkyl carbamates (subject to hydrolysis) is 1. The van der Waals surface area contributed by atoms with Crippen LogP contribution in [0.1, 0.15) is 25.8 Å². The summed E-state index contributed by atoms with van der Waals surface area (Å²) >= 11 is 1.39. The van der Waals surface area contributed by atoms with Gasteiger partial charge in [0.25, 0.3) is 0 Å². The lowest BCUT2D eigenvalue weighted by Crippen LogP contribution is -2.47. The Hall–Kier alpha value is -3.19. The normalized spacial score (nSPS) is 12.6.